The molecule has 0 aliphatic heterocycles. The van der Waals surface area contributed by atoms with Gasteiger partial charge in [-0.2, -0.15) is 0 Å². The zero-order chi connectivity index (χ0) is 15.3. The molecular weight excluding hydrogens is 288 g/mol. The molecule has 6 heteroatoms. The summed E-state index contributed by atoms with van der Waals surface area (Å²) in [5, 5.41) is 3.44. The smallest absolute Gasteiger partial charge is 0.218 e. The Labute approximate surface area is 127 Å². The first-order valence-electron chi connectivity index (χ1n) is 7.25. The average Bonchev–Trinajstić information content (AvgIpc) is 3.26. The minimum absolute atomic E-state index is 0.0322. The van der Waals surface area contributed by atoms with Crippen LogP contribution in [0.4, 0.5) is 0 Å². The number of hydrogen-bond donors (Lipinski definition) is 1. The van der Waals surface area contributed by atoms with Crippen LogP contribution in [0.2, 0.25) is 0 Å². The van der Waals surface area contributed by atoms with Gasteiger partial charge in [0.15, 0.2) is 0 Å². The van der Waals surface area contributed by atoms with Crippen molar-refractivity contribution in [2.45, 2.75) is 31.2 Å². The lowest BCUT2D eigenvalue weighted by Gasteiger charge is -2.17. The van der Waals surface area contributed by atoms with Gasteiger partial charge in [0.05, 0.1) is 12.4 Å². The fourth-order valence-electron chi connectivity index (χ4n) is 2.06. The molecule has 0 radical (unpaired) electrons. The molecule has 21 heavy (non-hydrogen) atoms. The quantitative estimate of drug-likeness (QED) is 0.748. The van der Waals surface area contributed by atoms with E-state index in [0.29, 0.717) is 19.2 Å². The Bertz CT molecular complexity index is 556. The predicted molar refractivity (Wildman–Crippen MR) is 83.4 cm³/mol. The van der Waals surface area contributed by atoms with Gasteiger partial charge >= 0.3 is 0 Å². The molecule has 0 heterocycles. The second-order valence-electron chi connectivity index (χ2n) is 5.55. The van der Waals surface area contributed by atoms with E-state index in [9.17, 15) is 8.42 Å². The van der Waals surface area contributed by atoms with Crippen molar-refractivity contribution in [2.75, 3.05) is 27.3 Å². The second-order valence-corrected chi connectivity index (χ2v) is 7.62. The van der Waals surface area contributed by atoms with Crippen LogP contribution < -0.4 is 5.32 Å². The van der Waals surface area contributed by atoms with Crippen LogP contribution >= 0.6 is 0 Å². The van der Waals surface area contributed by atoms with Crippen molar-refractivity contribution in [2.24, 2.45) is 0 Å². The first-order valence-corrected chi connectivity index (χ1v) is 8.86. The van der Waals surface area contributed by atoms with E-state index in [2.05, 4.69) is 5.32 Å². The number of likely N-dealkylation sites (N-methyl/N-ethyl adjacent to an activating group) is 1. The van der Waals surface area contributed by atoms with Crippen LogP contribution in [-0.2, 0) is 27.1 Å². The van der Waals surface area contributed by atoms with Gasteiger partial charge in [-0.05, 0) is 24.0 Å². The molecule has 2 rings (SSSR count). The van der Waals surface area contributed by atoms with Crippen LogP contribution in [0.3, 0.4) is 0 Å². The summed E-state index contributed by atoms with van der Waals surface area (Å²) in [5.41, 5.74) is 1.96. The summed E-state index contributed by atoms with van der Waals surface area (Å²) in [7, 11) is -0.132. The van der Waals surface area contributed by atoms with E-state index in [1.54, 1.807) is 14.2 Å². The standard InChI is InChI=1S/C15H24N2O3S/c1-17(8-9-20-2)21(18,19)12-14-5-3-4-13(10-14)11-16-15-6-7-15/h3-5,10,15-16H,6-9,11-12H2,1-2H3. The first-order chi connectivity index (χ1) is 10.0. The lowest BCUT2D eigenvalue weighted by atomic mass is 10.1. The van der Waals surface area contributed by atoms with E-state index in [1.165, 1.54) is 17.1 Å². The molecule has 0 bridgehead atoms. The molecule has 0 atom stereocenters. The molecular formula is C15H24N2O3S. The van der Waals surface area contributed by atoms with E-state index in [1.807, 2.05) is 24.3 Å². The minimum atomic E-state index is -3.29. The van der Waals surface area contributed by atoms with Crippen LogP contribution in [0, 0.1) is 0 Å². The molecule has 1 N–H and O–H groups in total. The molecule has 1 aromatic carbocycles. The summed E-state index contributed by atoms with van der Waals surface area (Å²) in [6, 6.07) is 8.43. The number of methoxy groups -OCH3 is 1. The molecule has 0 spiro atoms. The predicted octanol–water partition coefficient (Wildman–Crippen LogP) is 1.35. The highest BCUT2D eigenvalue weighted by Gasteiger charge is 2.20. The maximum absolute atomic E-state index is 12.2. The highest BCUT2D eigenvalue weighted by molar-refractivity contribution is 7.88. The Morgan fingerprint density at radius 3 is 2.71 bits per heavy atom. The molecule has 1 aliphatic carbocycles. The lowest BCUT2D eigenvalue weighted by molar-refractivity contribution is 0.185. The molecule has 1 fully saturated rings. The minimum Gasteiger partial charge on any atom is -0.383 e. The molecule has 1 aliphatic rings. The van der Waals surface area contributed by atoms with Crippen molar-refractivity contribution in [3.63, 3.8) is 0 Å². The number of nitrogens with one attached hydrogen (secondary N) is 1. The molecule has 118 valence electrons. The molecule has 1 aromatic rings. The van der Waals surface area contributed by atoms with Crippen molar-refractivity contribution in [1.82, 2.24) is 9.62 Å². The van der Waals surface area contributed by atoms with Gasteiger partial charge in [0, 0.05) is 33.3 Å². The number of sulfonamides is 1. The van der Waals surface area contributed by atoms with Crippen molar-refractivity contribution in [3.8, 4) is 0 Å². The third kappa shape index (κ3) is 5.39. The number of ether oxygens (including phenoxy) is 1. The van der Waals surface area contributed by atoms with E-state index >= 15 is 0 Å². The van der Waals surface area contributed by atoms with E-state index in [0.717, 1.165) is 17.7 Å². The van der Waals surface area contributed by atoms with Gasteiger partial charge in [0.2, 0.25) is 10.0 Å². The highest BCUT2D eigenvalue weighted by atomic mass is 32.2. The van der Waals surface area contributed by atoms with Crippen molar-refractivity contribution in [1.29, 1.82) is 0 Å². The maximum atomic E-state index is 12.2. The second kappa shape index (κ2) is 7.35. The highest BCUT2D eigenvalue weighted by Crippen LogP contribution is 2.19. The summed E-state index contributed by atoms with van der Waals surface area (Å²) in [6.07, 6.45) is 2.50. The molecule has 5 nitrogen and oxygen atoms in total. The van der Waals surface area contributed by atoms with Crippen LogP contribution in [0.1, 0.15) is 24.0 Å². The SMILES string of the molecule is COCCN(C)S(=O)(=O)Cc1cccc(CNC2CC2)c1. The molecule has 0 unspecified atom stereocenters. The molecule has 0 aromatic heterocycles. The summed E-state index contributed by atoms with van der Waals surface area (Å²) >= 11 is 0. The number of rotatable bonds is 9. The largest absolute Gasteiger partial charge is 0.383 e. The van der Waals surface area contributed by atoms with E-state index < -0.39 is 10.0 Å². The Balaban J connectivity index is 1.95. The number of benzene rings is 1. The maximum Gasteiger partial charge on any atom is 0.218 e. The topological polar surface area (TPSA) is 58.6 Å². The Morgan fingerprint density at radius 1 is 1.33 bits per heavy atom. The number of nitrogens with zero attached hydrogens (tertiary/aromatic N) is 1. The lowest BCUT2D eigenvalue weighted by Crippen LogP contribution is -2.31. The van der Waals surface area contributed by atoms with Gasteiger partial charge in [-0.25, -0.2) is 12.7 Å². The van der Waals surface area contributed by atoms with Crippen LogP contribution in [-0.4, -0.2) is 46.1 Å². The Kier molecular flexibility index (Phi) is 5.75. The van der Waals surface area contributed by atoms with Crippen LogP contribution in [0.25, 0.3) is 0 Å². The fourth-order valence-corrected chi connectivity index (χ4v) is 3.23. The van der Waals surface area contributed by atoms with Gasteiger partial charge in [0.25, 0.3) is 0 Å². The summed E-state index contributed by atoms with van der Waals surface area (Å²) in [5.74, 6) is 0.0322. The Hall–Kier alpha value is -0.950. The van der Waals surface area contributed by atoms with Crippen LogP contribution in [0.15, 0.2) is 24.3 Å². The monoisotopic (exact) mass is 312 g/mol. The van der Waals surface area contributed by atoms with Gasteiger partial charge < -0.3 is 10.1 Å². The summed E-state index contributed by atoms with van der Waals surface area (Å²) in [4.78, 5) is 0. The van der Waals surface area contributed by atoms with Crippen molar-refractivity contribution in [3.05, 3.63) is 35.4 Å². The van der Waals surface area contributed by atoms with Gasteiger partial charge in [-0.15, -0.1) is 0 Å². The molecule has 1 saturated carbocycles. The third-order valence-electron chi connectivity index (χ3n) is 3.60. The molecule has 0 saturated heterocycles. The summed E-state index contributed by atoms with van der Waals surface area (Å²) in [6.45, 7) is 1.58. The average molecular weight is 312 g/mol. The van der Waals surface area contributed by atoms with E-state index in [-0.39, 0.29) is 5.75 Å². The Morgan fingerprint density at radius 2 is 2.05 bits per heavy atom. The van der Waals surface area contributed by atoms with Gasteiger partial charge in [-0.1, -0.05) is 24.3 Å². The van der Waals surface area contributed by atoms with E-state index in [4.69, 9.17) is 4.74 Å². The number of hydrogen-bond acceptors (Lipinski definition) is 4. The van der Waals surface area contributed by atoms with Crippen molar-refractivity contribution >= 4 is 10.0 Å². The summed E-state index contributed by atoms with van der Waals surface area (Å²) < 4.78 is 30.8. The normalized spacial score (nSPS) is 15.6. The zero-order valence-corrected chi connectivity index (χ0v) is 13.5. The van der Waals surface area contributed by atoms with Crippen LogP contribution in [0.5, 0.6) is 0 Å². The zero-order valence-electron chi connectivity index (χ0n) is 12.7. The van der Waals surface area contributed by atoms with Gasteiger partial charge in [0.1, 0.15) is 0 Å². The third-order valence-corrected chi connectivity index (χ3v) is 5.43. The first kappa shape index (κ1) is 16.4. The fraction of sp³-hybridized carbons (Fsp3) is 0.600. The molecule has 0 amide bonds. The van der Waals surface area contributed by atoms with Gasteiger partial charge in [-0.3, -0.25) is 0 Å². The van der Waals surface area contributed by atoms with Crippen molar-refractivity contribution < 1.29 is 13.2 Å².